The molecule has 3 heterocycles. The minimum atomic E-state index is -0.511. The Bertz CT molecular complexity index is 963. The van der Waals surface area contributed by atoms with Gasteiger partial charge >= 0.3 is 0 Å². The largest absolute Gasteiger partial charge is 0.366 e. The molecule has 0 unspecified atom stereocenters. The normalized spacial score (nSPS) is 12.6. The van der Waals surface area contributed by atoms with Crippen LogP contribution in [0.2, 0.25) is 0 Å². The number of nitrogens with zero attached hydrogens (tertiary/aromatic N) is 3. The Labute approximate surface area is 175 Å². The molecular weight excluding hydrogens is 384 g/mol. The molecule has 2 aromatic heterocycles. The average Bonchev–Trinajstić information content (AvgIpc) is 3.18. The summed E-state index contributed by atoms with van der Waals surface area (Å²) in [5, 5.41) is 15.8. The van der Waals surface area contributed by atoms with Crippen LogP contribution in [0.15, 0.2) is 36.5 Å². The number of fused-ring (bicyclic) bond motifs is 1. The number of anilines is 2. The maximum Gasteiger partial charge on any atom is 0.248 e. The van der Waals surface area contributed by atoms with Gasteiger partial charge in [0.1, 0.15) is 5.82 Å². The van der Waals surface area contributed by atoms with E-state index in [-0.39, 0.29) is 0 Å². The number of nitrogens with two attached hydrogens (primary N) is 1. The van der Waals surface area contributed by atoms with Crippen LogP contribution < -0.4 is 16.4 Å². The number of nitriles is 1. The monoisotopic (exact) mass is 410 g/mol. The van der Waals surface area contributed by atoms with Crippen molar-refractivity contribution in [1.82, 2.24) is 15.3 Å². The van der Waals surface area contributed by atoms with E-state index in [1.807, 2.05) is 13.8 Å². The predicted octanol–water partition coefficient (Wildman–Crippen LogP) is 4.19. The molecule has 1 amide bonds. The number of hydrogen-bond donors (Lipinski definition) is 3. The lowest BCUT2D eigenvalue weighted by atomic mass is 10.2. The number of thiazole rings is 1. The molecule has 8 heteroatoms. The lowest BCUT2D eigenvalue weighted by Crippen LogP contribution is -2.21. The molecule has 1 aromatic carbocycles. The number of primary amides is 1. The van der Waals surface area contributed by atoms with Crippen molar-refractivity contribution in [2.24, 2.45) is 5.73 Å². The second kappa shape index (κ2) is 11.7. The summed E-state index contributed by atoms with van der Waals surface area (Å²) in [7, 11) is 0. The highest BCUT2D eigenvalue weighted by molar-refractivity contribution is 7.22. The van der Waals surface area contributed by atoms with Gasteiger partial charge in [0, 0.05) is 11.8 Å². The molecule has 0 saturated carbocycles. The summed E-state index contributed by atoms with van der Waals surface area (Å²) >= 11 is 1.41. The molecule has 1 saturated heterocycles. The van der Waals surface area contributed by atoms with Crippen LogP contribution in [0.3, 0.4) is 0 Å². The van der Waals surface area contributed by atoms with Crippen LogP contribution in [0.1, 0.15) is 49.0 Å². The fraction of sp³-hybridized carbons (Fsp3) is 0.333. The van der Waals surface area contributed by atoms with E-state index in [9.17, 15) is 4.79 Å². The third kappa shape index (κ3) is 6.82. The van der Waals surface area contributed by atoms with Crippen LogP contribution in [0.25, 0.3) is 10.2 Å². The summed E-state index contributed by atoms with van der Waals surface area (Å²) in [4.78, 5) is 19.7. The average molecular weight is 411 g/mol. The van der Waals surface area contributed by atoms with E-state index < -0.39 is 5.91 Å². The van der Waals surface area contributed by atoms with Gasteiger partial charge in [-0.15, -0.1) is 0 Å². The van der Waals surface area contributed by atoms with Gasteiger partial charge in [0.15, 0.2) is 5.13 Å². The van der Waals surface area contributed by atoms with E-state index in [0.717, 1.165) is 10.2 Å². The standard InChI is InChI=1S/C14H9N5OS.C5H11N.C2H6/c15-7-8-1-2-10-11(5-8)21-14(18-10)19-12-6-9(13(16)20)3-4-17-12;1-2-4-6-5-3-1;1-2/h1-6H,(H2,16,20)(H,17,18,19);6H,1-5H2;1-2H3. The van der Waals surface area contributed by atoms with Crippen LogP contribution in [-0.4, -0.2) is 29.0 Å². The quantitative estimate of drug-likeness (QED) is 0.596. The summed E-state index contributed by atoms with van der Waals surface area (Å²) in [6, 6.07) is 10.5. The van der Waals surface area contributed by atoms with Crippen LogP contribution >= 0.6 is 11.3 Å². The van der Waals surface area contributed by atoms with Crippen LogP contribution in [0, 0.1) is 11.3 Å². The molecule has 7 nitrogen and oxygen atoms in total. The van der Waals surface area contributed by atoms with E-state index in [1.54, 1.807) is 30.3 Å². The van der Waals surface area contributed by atoms with Crippen LogP contribution in [0.4, 0.5) is 10.9 Å². The van der Waals surface area contributed by atoms with E-state index in [4.69, 9.17) is 11.0 Å². The summed E-state index contributed by atoms with van der Waals surface area (Å²) in [6.45, 7) is 6.50. The highest BCUT2D eigenvalue weighted by atomic mass is 32.1. The molecule has 0 atom stereocenters. The number of rotatable bonds is 3. The lowest BCUT2D eigenvalue weighted by molar-refractivity contribution is 0.1000. The lowest BCUT2D eigenvalue weighted by Gasteiger charge is -2.08. The fourth-order valence-electron chi connectivity index (χ4n) is 2.61. The zero-order valence-corrected chi connectivity index (χ0v) is 17.6. The number of piperidine rings is 1. The van der Waals surface area contributed by atoms with Crippen molar-refractivity contribution in [1.29, 1.82) is 5.26 Å². The van der Waals surface area contributed by atoms with Crippen molar-refractivity contribution in [3.8, 4) is 6.07 Å². The zero-order chi connectivity index (χ0) is 21.1. The predicted molar refractivity (Wildman–Crippen MR) is 118 cm³/mol. The van der Waals surface area contributed by atoms with Gasteiger partial charge < -0.3 is 16.4 Å². The number of benzene rings is 1. The molecule has 152 valence electrons. The Morgan fingerprint density at radius 3 is 2.55 bits per heavy atom. The van der Waals surface area contributed by atoms with E-state index >= 15 is 0 Å². The molecule has 4 N–H and O–H groups in total. The molecule has 29 heavy (non-hydrogen) atoms. The molecule has 0 radical (unpaired) electrons. The maximum absolute atomic E-state index is 11.1. The Morgan fingerprint density at radius 1 is 1.21 bits per heavy atom. The van der Waals surface area contributed by atoms with E-state index in [2.05, 4.69) is 26.7 Å². The van der Waals surface area contributed by atoms with Crippen molar-refractivity contribution in [2.45, 2.75) is 33.1 Å². The molecular formula is C21H26N6OS. The van der Waals surface area contributed by atoms with Gasteiger partial charge in [-0.3, -0.25) is 4.79 Å². The molecule has 3 aromatic rings. The highest BCUT2D eigenvalue weighted by Gasteiger charge is 2.07. The van der Waals surface area contributed by atoms with Gasteiger partial charge in [-0.1, -0.05) is 31.6 Å². The molecule has 0 aliphatic carbocycles. The molecule has 0 spiro atoms. The highest BCUT2D eigenvalue weighted by Crippen LogP contribution is 2.28. The molecule has 0 bridgehead atoms. The van der Waals surface area contributed by atoms with Crippen molar-refractivity contribution in [2.75, 3.05) is 18.4 Å². The number of carbonyl (C=O) groups is 1. The number of carbonyl (C=O) groups excluding carboxylic acids is 1. The van der Waals surface area contributed by atoms with Gasteiger partial charge in [0.05, 0.1) is 21.8 Å². The summed E-state index contributed by atoms with van der Waals surface area (Å²) in [6.07, 6.45) is 5.72. The Balaban J connectivity index is 0.000000317. The van der Waals surface area contributed by atoms with Crippen molar-refractivity contribution < 1.29 is 4.79 Å². The first-order chi connectivity index (χ1) is 14.2. The zero-order valence-electron chi connectivity index (χ0n) is 16.7. The topological polar surface area (TPSA) is 117 Å². The molecule has 1 aliphatic heterocycles. The van der Waals surface area contributed by atoms with Crippen molar-refractivity contribution >= 4 is 38.4 Å². The number of aromatic nitrogens is 2. The Hall–Kier alpha value is -3.02. The third-order valence-corrected chi connectivity index (χ3v) is 4.94. The maximum atomic E-state index is 11.1. The third-order valence-electron chi connectivity index (χ3n) is 4.00. The van der Waals surface area contributed by atoms with Crippen molar-refractivity contribution in [3.05, 3.63) is 47.7 Å². The van der Waals surface area contributed by atoms with Gasteiger partial charge in [0.2, 0.25) is 5.91 Å². The van der Waals surface area contributed by atoms with Crippen molar-refractivity contribution in [3.63, 3.8) is 0 Å². The summed E-state index contributed by atoms with van der Waals surface area (Å²) < 4.78 is 0.905. The molecule has 1 fully saturated rings. The van der Waals surface area contributed by atoms with E-state index in [1.165, 1.54) is 49.9 Å². The SMILES string of the molecule is C1CCNCC1.CC.N#Cc1ccc2nc(Nc3cc(C(N)=O)ccn3)sc2c1. The Kier molecular flexibility index (Phi) is 9.02. The van der Waals surface area contributed by atoms with Gasteiger partial charge in [-0.2, -0.15) is 5.26 Å². The fourth-order valence-corrected chi connectivity index (χ4v) is 3.52. The van der Waals surface area contributed by atoms with Gasteiger partial charge in [-0.25, -0.2) is 9.97 Å². The minimum absolute atomic E-state index is 0.375. The minimum Gasteiger partial charge on any atom is -0.366 e. The second-order valence-electron chi connectivity index (χ2n) is 6.04. The second-order valence-corrected chi connectivity index (χ2v) is 7.07. The first-order valence-electron chi connectivity index (χ1n) is 9.70. The number of nitrogens with one attached hydrogen (secondary N) is 2. The molecule has 4 rings (SSSR count). The van der Waals surface area contributed by atoms with Crippen LogP contribution in [0.5, 0.6) is 0 Å². The number of pyridine rings is 1. The Morgan fingerprint density at radius 2 is 1.97 bits per heavy atom. The first kappa shape index (κ1) is 22.3. The smallest absolute Gasteiger partial charge is 0.248 e. The molecule has 1 aliphatic rings. The van der Waals surface area contributed by atoms with Gasteiger partial charge in [0.25, 0.3) is 0 Å². The van der Waals surface area contributed by atoms with Crippen LogP contribution in [-0.2, 0) is 0 Å². The number of hydrogen-bond acceptors (Lipinski definition) is 7. The first-order valence-corrected chi connectivity index (χ1v) is 10.5. The van der Waals surface area contributed by atoms with E-state index in [0.29, 0.717) is 22.1 Å². The van der Waals surface area contributed by atoms with Gasteiger partial charge in [-0.05, 0) is 56.3 Å². The summed E-state index contributed by atoms with van der Waals surface area (Å²) in [5.74, 6) is -0.0192. The number of amides is 1. The summed E-state index contributed by atoms with van der Waals surface area (Å²) in [5.41, 5.74) is 6.99.